The van der Waals surface area contributed by atoms with Crippen LogP contribution in [0.1, 0.15) is 11.5 Å². The van der Waals surface area contributed by atoms with Crippen molar-refractivity contribution in [2.75, 3.05) is 0 Å². The van der Waals surface area contributed by atoms with Crippen molar-refractivity contribution in [1.82, 2.24) is 10.2 Å². The van der Waals surface area contributed by atoms with Crippen LogP contribution in [0.4, 0.5) is 0 Å². The molecule has 0 bridgehead atoms. The van der Waals surface area contributed by atoms with Crippen molar-refractivity contribution in [3.8, 4) is 11.5 Å². The Kier molecular flexibility index (Phi) is 2.28. The Labute approximate surface area is 81.2 Å². The third-order valence-corrected chi connectivity index (χ3v) is 1.90. The fourth-order valence-electron chi connectivity index (χ4n) is 1.13. The molecule has 14 heavy (non-hydrogen) atoms. The highest BCUT2D eigenvalue weighted by Crippen LogP contribution is 2.17. The van der Waals surface area contributed by atoms with Gasteiger partial charge in [0.05, 0.1) is 0 Å². The van der Waals surface area contributed by atoms with Gasteiger partial charge in [-0.3, -0.25) is 0 Å². The molecule has 1 aromatic heterocycles. The monoisotopic (exact) mass is 190 g/mol. The Bertz CT molecular complexity index is 420. The number of aliphatic hydroxyl groups excluding tert-OH is 1. The molecule has 0 aliphatic rings. The molecule has 0 amide bonds. The lowest BCUT2D eigenvalue weighted by Crippen LogP contribution is -1.79. The lowest BCUT2D eigenvalue weighted by molar-refractivity contribution is 0.241. The van der Waals surface area contributed by atoms with E-state index >= 15 is 0 Å². The van der Waals surface area contributed by atoms with E-state index in [1.165, 1.54) is 5.56 Å². The molecule has 0 saturated carbocycles. The second kappa shape index (κ2) is 3.59. The summed E-state index contributed by atoms with van der Waals surface area (Å²) < 4.78 is 5.19. The number of benzene rings is 1. The zero-order valence-electron chi connectivity index (χ0n) is 7.77. The first kappa shape index (κ1) is 8.90. The smallest absolute Gasteiger partial charge is 0.247 e. The van der Waals surface area contributed by atoms with Gasteiger partial charge < -0.3 is 9.52 Å². The zero-order chi connectivity index (χ0) is 9.97. The standard InChI is InChI=1S/C10H10N2O2/c1-7-2-4-8(5-3-7)10-12-11-9(6-13)14-10/h2-5,13H,6H2,1H3. The third-order valence-electron chi connectivity index (χ3n) is 1.90. The molecule has 0 unspecified atom stereocenters. The SMILES string of the molecule is Cc1ccc(-c2nnc(CO)o2)cc1. The third kappa shape index (κ3) is 1.65. The lowest BCUT2D eigenvalue weighted by atomic mass is 10.1. The molecule has 1 heterocycles. The summed E-state index contributed by atoms with van der Waals surface area (Å²) in [6, 6.07) is 7.75. The largest absolute Gasteiger partial charge is 0.418 e. The van der Waals surface area contributed by atoms with Gasteiger partial charge in [-0.25, -0.2) is 0 Å². The highest BCUT2D eigenvalue weighted by Gasteiger charge is 2.06. The van der Waals surface area contributed by atoms with Crippen LogP contribution in [0.5, 0.6) is 0 Å². The van der Waals surface area contributed by atoms with Crippen molar-refractivity contribution in [1.29, 1.82) is 0 Å². The maximum absolute atomic E-state index is 8.75. The van der Waals surface area contributed by atoms with Crippen LogP contribution in [0.3, 0.4) is 0 Å². The number of hydrogen-bond acceptors (Lipinski definition) is 4. The predicted octanol–water partition coefficient (Wildman–Crippen LogP) is 1.54. The average Bonchev–Trinajstić information content (AvgIpc) is 2.67. The molecule has 2 rings (SSSR count). The number of hydrogen-bond donors (Lipinski definition) is 1. The van der Waals surface area contributed by atoms with Gasteiger partial charge in [-0.15, -0.1) is 10.2 Å². The average molecular weight is 190 g/mol. The number of rotatable bonds is 2. The molecule has 4 nitrogen and oxygen atoms in total. The second-order valence-corrected chi connectivity index (χ2v) is 3.03. The molecule has 1 aromatic carbocycles. The summed E-state index contributed by atoms with van der Waals surface area (Å²) in [4.78, 5) is 0. The van der Waals surface area contributed by atoms with E-state index in [2.05, 4.69) is 10.2 Å². The number of aliphatic hydroxyl groups is 1. The summed E-state index contributed by atoms with van der Waals surface area (Å²) in [6.45, 7) is 1.79. The van der Waals surface area contributed by atoms with E-state index in [9.17, 15) is 0 Å². The fraction of sp³-hybridized carbons (Fsp3) is 0.200. The molecular weight excluding hydrogens is 180 g/mol. The van der Waals surface area contributed by atoms with Gasteiger partial charge in [0, 0.05) is 5.56 Å². The van der Waals surface area contributed by atoms with E-state index in [1.54, 1.807) is 0 Å². The van der Waals surface area contributed by atoms with Gasteiger partial charge in [0.25, 0.3) is 0 Å². The summed E-state index contributed by atoms with van der Waals surface area (Å²) in [5.74, 6) is 0.676. The first-order valence-corrected chi connectivity index (χ1v) is 4.30. The summed E-state index contributed by atoms with van der Waals surface area (Å²) >= 11 is 0. The van der Waals surface area contributed by atoms with Crippen LogP contribution in [0.15, 0.2) is 28.7 Å². The number of aromatic nitrogens is 2. The minimum atomic E-state index is -0.223. The molecule has 0 fully saturated rings. The van der Waals surface area contributed by atoms with Gasteiger partial charge in [-0.05, 0) is 19.1 Å². The minimum absolute atomic E-state index is 0.223. The lowest BCUT2D eigenvalue weighted by Gasteiger charge is -1.94. The van der Waals surface area contributed by atoms with Gasteiger partial charge in [0.1, 0.15) is 6.61 Å². The van der Waals surface area contributed by atoms with Gasteiger partial charge in [0.2, 0.25) is 11.8 Å². The summed E-state index contributed by atoms with van der Waals surface area (Å²) in [5, 5.41) is 16.2. The molecular formula is C10H10N2O2. The van der Waals surface area contributed by atoms with Gasteiger partial charge in [0.15, 0.2) is 0 Å². The Balaban J connectivity index is 2.34. The van der Waals surface area contributed by atoms with E-state index in [1.807, 2.05) is 31.2 Å². The molecule has 0 aliphatic carbocycles. The van der Waals surface area contributed by atoms with Crippen molar-refractivity contribution in [2.45, 2.75) is 13.5 Å². The minimum Gasteiger partial charge on any atom is -0.418 e. The predicted molar refractivity (Wildman–Crippen MR) is 50.4 cm³/mol. The van der Waals surface area contributed by atoms with Crippen LogP contribution < -0.4 is 0 Å². The summed E-state index contributed by atoms with van der Waals surface area (Å²) in [5.41, 5.74) is 2.04. The van der Waals surface area contributed by atoms with Crippen LogP contribution in [0.2, 0.25) is 0 Å². The maximum atomic E-state index is 8.75. The second-order valence-electron chi connectivity index (χ2n) is 3.03. The van der Waals surface area contributed by atoms with Crippen LogP contribution >= 0.6 is 0 Å². The van der Waals surface area contributed by atoms with E-state index < -0.39 is 0 Å². The molecule has 0 saturated heterocycles. The molecule has 2 aromatic rings. The van der Waals surface area contributed by atoms with Crippen molar-refractivity contribution < 1.29 is 9.52 Å². The van der Waals surface area contributed by atoms with Crippen molar-refractivity contribution in [2.24, 2.45) is 0 Å². The number of aryl methyl sites for hydroxylation is 1. The number of nitrogens with zero attached hydrogens (tertiary/aromatic N) is 2. The van der Waals surface area contributed by atoms with Crippen molar-refractivity contribution >= 4 is 0 Å². The molecule has 0 radical (unpaired) electrons. The van der Waals surface area contributed by atoms with Gasteiger partial charge in [-0.2, -0.15) is 0 Å². The van der Waals surface area contributed by atoms with Gasteiger partial charge >= 0.3 is 0 Å². The molecule has 0 spiro atoms. The quantitative estimate of drug-likeness (QED) is 0.780. The van der Waals surface area contributed by atoms with Crippen LogP contribution in [0.25, 0.3) is 11.5 Å². The first-order chi connectivity index (χ1) is 6.79. The molecule has 1 N–H and O–H groups in total. The van der Waals surface area contributed by atoms with E-state index in [-0.39, 0.29) is 12.5 Å². The Morgan fingerprint density at radius 3 is 2.50 bits per heavy atom. The molecule has 0 aliphatic heterocycles. The molecule has 0 atom stereocenters. The normalized spacial score (nSPS) is 10.4. The highest BCUT2D eigenvalue weighted by molar-refractivity contribution is 5.52. The first-order valence-electron chi connectivity index (χ1n) is 4.30. The van der Waals surface area contributed by atoms with Crippen molar-refractivity contribution in [3.05, 3.63) is 35.7 Å². The van der Waals surface area contributed by atoms with Gasteiger partial charge in [-0.1, -0.05) is 17.7 Å². The zero-order valence-corrected chi connectivity index (χ0v) is 7.77. The van der Waals surface area contributed by atoms with Crippen LogP contribution in [0, 0.1) is 6.92 Å². The summed E-state index contributed by atoms with van der Waals surface area (Å²) in [7, 11) is 0. The molecule has 72 valence electrons. The maximum Gasteiger partial charge on any atom is 0.247 e. The van der Waals surface area contributed by atoms with E-state index in [4.69, 9.17) is 9.52 Å². The Hall–Kier alpha value is -1.68. The van der Waals surface area contributed by atoms with Crippen molar-refractivity contribution in [3.63, 3.8) is 0 Å². The van der Waals surface area contributed by atoms with Crippen LogP contribution in [-0.4, -0.2) is 15.3 Å². The topological polar surface area (TPSA) is 59.2 Å². The van der Waals surface area contributed by atoms with E-state index in [0.717, 1.165) is 5.56 Å². The Morgan fingerprint density at radius 1 is 1.21 bits per heavy atom. The molecule has 4 heteroatoms. The van der Waals surface area contributed by atoms with Crippen LogP contribution in [-0.2, 0) is 6.61 Å². The fourth-order valence-corrected chi connectivity index (χ4v) is 1.13. The van der Waals surface area contributed by atoms with E-state index in [0.29, 0.717) is 5.89 Å². The highest BCUT2D eigenvalue weighted by atomic mass is 16.4. The Morgan fingerprint density at radius 2 is 1.93 bits per heavy atom. The summed E-state index contributed by atoms with van der Waals surface area (Å²) in [6.07, 6.45) is 0.